The van der Waals surface area contributed by atoms with Gasteiger partial charge >= 0.3 is 0 Å². The third-order valence-electron chi connectivity index (χ3n) is 3.66. The third kappa shape index (κ3) is 2.93. The topological polar surface area (TPSA) is 37.4 Å². The van der Waals surface area contributed by atoms with Crippen LogP contribution in [0.15, 0.2) is 18.3 Å². The zero-order valence-corrected chi connectivity index (χ0v) is 11.5. The molecule has 1 N–H and O–H groups in total. The van der Waals surface area contributed by atoms with Gasteiger partial charge in [-0.3, -0.25) is 0 Å². The highest BCUT2D eigenvalue weighted by molar-refractivity contribution is 5.54. The van der Waals surface area contributed by atoms with Crippen LogP contribution in [-0.2, 0) is 4.74 Å². The number of methoxy groups -OCH3 is 1. The fraction of sp³-hybridized carbons (Fsp3) is 0.643. The summed E-state index contributed by atoms with van der Waals surface area (Å²) in [5.41, 5.74) is 1.23. The van der Waals surface area contributed by atoms with E-state index >= 15 is 0 Å². The van der Waals surface area contributed by atoms with Crippen LogP contribution >= 0.6 is 0 Å². The van der Waals surface area contributed by atoms with E-state index < -0.39 is 0 Å². The smallest absolute Gasteiger partial charge is 0.127 e. The molecule has 1 aromatic heterocycles. The minimum Gasteiger partial charge on any atom is -0.379 e. The number of pyridine rings is 1. The van der Waals surface area contributed by atoms with E-state index in [2.05, 4.69) is 41.2 Å². The lowest BCUT2D eigenvalue weighted by Crippen LogP contribution is -2.43. The maximum atomic E-state index is 5.56. The van der Waals surface area contributed by atoms with Gasteiger partial charge in [0, 0.05) is 44.7 Å². The summed E-state index contributed by atoms with van der Waals surface area (Å²) < 4.78 is 5.56. The molecule has 4 nitrogen and oxygen atoms in total. The minimum atomic E-state index is 0.328. The molecule has 0 amide bonds. The summed E-state index contributed by atoms with van der Waals surface area (Å²) >= 11 is 0. The highest BCUT2D eigenvalue weighted by Crippen LogP contribution is 2.25. The monoisotopic (exact) mass is 249 g/mol. The molecule has 1 saturated heterocycles. The molecule has 0 aromatic carbocycles. The predicted molar refractivity (Wildman–Crippen MR) is 75.2 cm³/mol. The van der Waals surface area contributed by atoms with Gasteiger partial charge in [0.15, 0.2) is 0 Å². The van der Waals surface area contributed by atoms with E-state index in [4.69, 9.17) is 4.74 Å². The molecular weight excluding hydrogens is 226 g/mol. The zero-order valence-electron chi connectivity index (χ0n) is 11.5. The first kappa shape index (κ1) is 13.1. The molecule has 0 radical (unpaired) electrons. The number of aromatic nitrogens is 1. The number of nitrogens with one attached hydrogen (secondary N) is 1. The number of hydrogen-bond acceptors (Lipinski definition) is 4. The van der Waals surface area contributed by atoms with Crippen molar-refractivity contribution in [3.63, 3.8) is 0 Å². The van der Waals surface area contributed by atoms with Gasteiger partial charge < -0.3 is 15.0 Å². The Balaban J connectivity index is 2.09. The van der Waals surface area contributed by atoms with Gasteiger partial charge in [-0.25, -0.2) is 4.98 Å². The Morgan fingerprint density at radius 2 is 2.39 bits per heavy atom. The molecule has 1 aliphatic rings. The second kappa shape index (κ2) is 6.05. The molecule has 1 fully saturated rings. The van der Waals surface area contributed by atoms with Crippen LogP contribution in [0.3, 0.4) is 0 Å². The molecule has 4 heteroatoms. The summed E-state index contributed by atoms with van der Waals surface area (Å²) in [4.78, 5) is 6.69. The molecule has 2 heterocycles. The summed E-state index contributed by atoms with van der Waals surface area (Å²) in [7, 11) is 1.81. The molecule has 1 aliphatic heterocycles. The first-order chi connectivity index (χ1) is 8.74. The van der Waals surface area contributed by atoms with E-state index in [1.807, 2.05) is 6.20 Å². The second-order valence-electron chi connectivity index (χ2n) is 4.92. The van der Waals surface area contributed by atoms with E-state index in [0.717, 1.165) is 25.5 Å². The first-order valence-corrected chi connectivity index (χ1v) is 6.72. The van der Waals surface area contributed by atoms with Gasteiger partial charge in [0.2, 0.25) is 0 Å². The Morgan fingerprint density at radius 3 is 3.11 bits per heavy atom. The first-order valence-electron chi connectivity index (χ1n) is 6.72. The average Bonchev–Trinajstić information content (AvgIpc) is 2.40. The summed E-state index contributed by atoms with van der Waals surface area (Å²) in [5.74, 6) is 1.59. The van der Waals surface area contributed by atoms with Crippen molar-refractivity contribution in [2.24, 2.45) is 5.92 Å². The lowest BCUT2D eigenvalue weighted by molar-refractivity contribution is 0.0498. The Labute approximate surface area is 109 Å². The summed E-state index contributed by atoms with van der Waals surface area (Å²) in [5, 5.41) is 3.25. The molecule has 0 aliphatic carbocycles. The maximum Gasteiger partial charge on any atom is 0.127 e. The SMILES string of the molecule is CCNc1cc(N2CCC(C)C(OC)C2)ccn1. The van der Waals surface area contributed by atoms with Gasteiger partial charge in [-0.2, -0.15) is 0 Å². The Morgan fingerprint density at radius 1 is 1.56 bits per heavy atom. The van der Waals surface area contributed by atoms with E-state index in [0.29, 0.717) is 12.0 Å². The fourth-order valence-corrected chi connectivity index (χ4v) is 2.47. The number of hydrogen-bond donors (Lipinski definition) is 1. The normalized spacial score (nSPS) is 24.1. The van der Waals surface area contributed by atoms with Crippen LogP contribution in [0.4, 0.5) is 11.5 Å². The van der Waals surface area contributed by atoms with Crippen molar-refractivity contribution in [3.05, 3.63) is 18.3 Å². The predicted octanol–water partition coefficient (Wildman–Crippen LogP) is 2.37. The summed E-state index contributed by atoms with van der Waals surface area (Å²) in [6.07, 6.45) is 3.37. The molecular formula is C14H23N3O. The van der Waals surface area contributed by atoms with Crippen molar-refractivity contribution in [2.45, 2.75) is 26.4 Å². The molecule has 1 aromatic rings. The Bertz CT molecular complexity index is 383. The lowest BCUT2D eigenvalue weighted by atomic mass is 9.95. The van der Waals surface area contributed by atoms with Gasteiger partial charge in [-0.15, -0.1) is 0 Å². The van der Waals surface area contributed by atoms with Crippen molar-refractivity contribution in [3.8, 4) is 0 Å². The Kier molecular flexibility index (Phi) is 4.42. The van der Waals surface area contributed by atoms with Crippen molar-refractivity contribution in [1.29, 1.82) is 0 Å². The molecule has 0 saturated carbocycles. The van der Waals surface area contributed by atoms with Crippen LogP contribution in [0.2, 0.25) is 0 Å². The summed E-state index contributed by atoms with van der Waals surface area (Å²) in [6, 6.07) is 4.19. The molecule has 2 rings (SSSR count). The Hall–Kier alpha value is -1.29. The van der Waals surface area contributed by atoms with E-state index in [-0.39, 0.29) is 0 Å². The second-order valence-corrected chi connectivity index (χ2v) is 4.92. The highest BCUT2D eigenvalue weighted by atomic mass is 16.5. The number of anilines is 2. The molecule has 2 unspecified atom stereocenters. The van der Waals surface area contributed by atoms with Gasteiger partial charge in [-0.05, 0) is 25.3 Å². The molecule has 100 valence electrons. The van der Waals surface area contributed by atoms with Crippen molar-refractivity contribution < 1.29 is 4.74 Å². The fourth-order valence-electron chi connectivity index (χ4n) is 2.47. The third-order valence-corrected chi connectivity index (χ3v) is 3.66. The molecule has 2 atom stereocenters. The van der Waals surface area contributed by atoms with Crippen molar-refractivity contribution in [2.75, 3.05) is 37.0 Å². The minimum absolute atomic E-state index is 0.328. The van der Waals surface area contributed by atoms with Crippen LogP contribution in [0.5, 0.6) is 0 Å². The van der Waals surface area contributed by atoms with Crippen LogP contribution in [-0.4, -0.2) is 37.8 Å². The van der Waals surface area contributed by atoms with Crippen LogP contribution in [0, 0.1) is 5.92 Å². The van der Waals surface area contributed by atoms with Gasteiger partial charge in [0.1, 0.15) is 5.82 Å². The van der Waals surface area contributed by atoms with Crippen LogP contribution < -0.4 is 10.2 Å². The molecule has 18 heavy (non-hydrogen) atoms. The maximum absolute atomic E-state index is 5.56. The van der Waals surface area contributed by atoms with Crippen LogP contribution in [0.1, 0.15) is 20.3 Å². The number of nitrogens with zero attached hydrogens (tertiary/aromatic N) is 2. The van der Waals surface area contributed by atoms with E-state index in [1.54, 1.807) is 7.11 Å². The number of ether oxygens (including phenoxy) is 1. The average molecular weight is 249 g/mol. The standard InChI is InChI=1S/C14H23N3O/c1-4-15-14-9-12(5-7-16-14)17-8-6-11(2)13(10-17)18-3/h5,7,9,11,13H,4,6,8,10H2,1-3H3,(H,15,16). The largest absolute Gasteiger partial charge is 0.379 e. The quantitative estimate of drug-likeness (QED) is 0.889. The highest BCUT2D eigenvalue weighted by Gasteiger charge is 2.26. The number of rotatable bonds is 4. The molecule has 0 spiro atoms. The lowest BCUT2D eigenvalue weighted by Gasteiger charge is -2.37. The van der Waals surface area contributed by atoms with Gasteiger partial charge in [-0.1, -0.05) is 6.92 Å². The molecule has 0 bridgehead atoms. The van der Waals surface area contributed by atoms with E-state index in [9.17, 15) is 0 Å². The van der Waals surface area contributed by atoms with Gasteiger partial charge in [0.25, 0.3) is 0 Å². The zero-order chi connectivity index (χ0) is 13.0. The van der Waals surface area contributed by atoms with E-state index in [1.165, 1.54) is 12.1 Å². The van der Waals surface area contributed by atoms with Crippen LogP contribution in [0.25, 0.3) is 0 Å². The van der Waals surface area contributed by atoms with Crippen molar-refractivity contribution >= 4 is 11.5 Å². The van der Waals surface area contributed by atoms with Crippen molar-refractivity contribution in [1.82, 2.24) is 4.98 Å². The summed E-state index contributed by atoms with van der Waals surface area (Å²) in [6.45, 7) is 7.30. The number of piperidine rings is 1. The van der Waals surface area contributed by atoms with Gasteiger partial charge in [0.05, 0.1) is 6.10 Å².